The first-order valence-corrected chi connectivity index (χ1v) is 25.4. The number of halogens is 4. The number of hydrogen-bond donors (Lipinski definition) is 0. The molecule has 0 N–H and O–H groups in total. The molecule has 2 aliphatic rings. The first-order chi connectivity index (χ1) is 23.2. The van der Waals surface area contributed by atoms with E-state index in [1.165, 1.54) is 44.5 Å². The van der Waals surface area contributed by atoms with Gasteiger partial charge in [-0.1, -0.05) is 0 Å². The van der Waals surface area contributed by atoms with Crippen LogP contribution in [0.5, 0.6) is 0 Å². The number of fused-ring (bicyclic) bond motifs is 3. The van der Waals surface area contributed by atoms with Crippen LogP contribution in [0, 0.1) is 0 Å². The van der Waals surface area contributed by atoms with Crippen LogP contribution in [-0.2, 0) is 42.6 Å². The summed E-state index contributed by atoms with van der Waals surface area (Å²) in [6, 6.07) is 29.0. The second-order valence-electron chi connectivity index (χ2n) is 18.5. The molecule has 0 unspecified atom stereocenters. The smallest absolute Gasteiger partial charge is 1.00 e. The molecule has 2 aliphatic carbocycles. The van der Waals surface area contributed by atoms with Gasteiger partial charge in [0.05, 0.1) is 0 Å². The van der Waals surface area contributed by atoms with E-state index in [1.54, 1.807) is 17.7 Å². The van der Waals surface area contributed by atoms with E-state index in [2.05, 4.69) is 206 Å². The first kappa shape index (κ1) is 43.4. The third kappa shape index (κ3) is 8.55. The molecule has 0 atom stereocenters. The summed E-state index contributed by atoms with van der Waals surface area (Å²) in [4.78, 5) is 0. The molecule has 0 aliphatic heterocycles. The van der Waals surface area contributed by atoms with Crippen molar-refractivity contribution < 1.29 is 45.8 Å². The molecule has 0 aromatic heterocycles. The van der Waals surface area contributed by atoms with Gasteiger partial charge in [-0.25, -0.2) is 0 Å². The quantitative estimate of drug-likeness (QED) is 0.181. The van der Waals surface area contributed by atoms with Crippen LogP contribution in [0.1, 0.15) is 138 Å². The normalized spacial score (nSPS) is 14.1. The van der Waals surface area contributed by atoms with E-state index in [0.29, 0.717) is 3.67 Å². The fourth-order valence-corrected chi connectivity index (χ4v) is 21.6. The van der Waals surface area contributed by atoms with Gasteiger partial charge in [0.1, 0.15) is 0 Å². The second-order valence-corrected chi connectivity index (χ2v) is 29.5. The van der Waals surface area contributed by atoms with Gasteiger partial charge in [-0.2, -0.15) is 0 Å². The van der Waals surface area contributed by atoms with Crippen molar-refractivity contribution in [2.24, 2.45) is 0 Å². The Morgan fingerprint density at radius 3 is 1.19 bits per heavy atom. The van der Waals surface area contributed by atoms with E-state index < -0.39 is 21.0 Å². The summed E-state index contributed by atoms with van der Waals surface area (Å²) < 4.78 is 5.90. The minimum atomic E-state index is -3.13. The molecule has 0 amide bonds. The van der Waals surface area contributed by atoms with Gasteiger partial charge in [-0.15, -0.1) is 0 Å². The van der Waals surface area contributed by atoms with Crippen LogP contribution in [-0.4, -0.2) is 3.26 Å². The summed E-state index contributed by atoms with van der Waals surface area (Å²) in [6.45, 7) is 28.8. The molecule has 0 saturated heterocycles. The van der Waals surface area contributed by atoms with Gasteiger partial charge >= 0.3 is 330 Å². The van der Waals surface area contributed by atoms with Gasteiger partial charge in [0.2, 0.25) is 0 Å². The van der Waals surface area contributed by atoms with Gasteiger partial charge in [-0.05, 0) is 0 Å². The molecule has 0 saturated carbocycles. The molecule has 0 fully saturated rings. The van der Waals surface area contributed by atoms with Crippen LogP contribution in [0.25, 0.3) is 11.1 Å². The maximum absolute atomic E-state index is 3.75. The molecule has 52 heavy (non-hydrogen) atoms. The van der Waals surface area contributed by atoms with Gasteiger partial charge in [0.15, 0.2) is 0 Å². The summed E-state index contributed by atoms with van der Waals surface area (Å²) >= 11 is 4.38. The Hall–Kier alpha value is -1.36. The zero-order valence-corrected chi connectivity index (χ0v) is 41.2. The fraction of sp³-hybridized carbons (Fsp3) is 0.383. The van der Waals surface area contributed by atoms with Gasteiger partial charge in [0, 0.05) is 0 Å². The standard InChI is InChI=1S/C29H41.C13H8Br2.C5H5.2ClH.Hf/c1-26(2,3)22-14-18-13-19-15-23(27(4,5)6)25(29(10,11)12)17-21(19)20(18)16-24(22)28(7,8)9;14-12-5-1-10(2-6-12)9-11-3-7-13(15)8-4-11;1-2-4-5-3-1;;;/h13-17H,1-12H3;1-8H;1-3H,4H2;2*1H;/q;;;;;+2/p-2. The number of rotatable bonds is 4. The topological polar surface area (TPSA) is 0 Å². The van der Waals surface area contributed by atoms with Crippen molar-refractivity contribution >= 4 is 35.1 Å². The molecule has 0 nitrogen and oxygen atoms in total. The summed E-state index contributed by atoms with van der Waals surface area (Å²) in [5.74, 6) is 0. The first-order valence-electron chi connectivity index (χ1n) is 18.2. The molecule has 274 valence electrons. The molecule has 0 spiro atoms. The van der Waals surface area contributed by atoms with Gasteiger partial charge < -0.3 is 24.8 Å². The van der Waals surface area contributed by atoms with E-state index in [-0.39, 0.29) is 46.5 Å². The second kappa shape index (κ2) is 15.6. The maximum Gasteiger partial charge on any atom is -1.00 e. The number of benzene rings is 4. The van der Waals surface area contributed by atoms with E-state index >= 15 is 0 Å². The molecule has 6 rings (SSSR count). The van der Waals surface area contributed by atoms with Crippen LogP contribution < -0.4 is 24.8 Å². The molecule has 0 heterocycles. The SMILES string of the molecule is CC(C)(C)c1cc2c(cc1C(C)(C)C)[CH]([Hf+2]([C]1=CC=CC1)=[C](c1ccc(Br)cc1)c1ccc(Br)cc1)c1cc(C(C)(C)C)c(C(C)(C)C)cc1-2.[Cl-].[Cl-]. The third-order valence-corrected chi connectivity index (χ3v) is 23.7. The van der Waals surface area contributed by atoms with Crippen LogP contribution in [0.15, 0.2) is 103 Å². The number of allylic oxidation sites excluding steroid dienone is 4. The van der Waals surface area contributed by atoms with Crippen molar-refractivity contribution in [3.05, 3.63) is 148 Å². The molecule has 4 aromatic rings. The van der Waals surface area contributed by atoms with Crippen molar-refractivity contribution in [2.75, 3.05) is 0 Å². The average Bonchev–Trinajstić information content (AvgIpc) is 3.65. The van der Waals surface area contributed by atoms with E-state index in [4.69, 9.17) is 0 Å². The van der Waals surface area contributed by atoms with Crippen LogP contribution in [0.3, 0.4) is 0 Å². The zero-order chi connectivity index (χ0) is 36.6. The molecular weight excluding hydrogens is 974 g/mol. The Kier molecular flexibility index (Phi) is 13.0. The van der Waals surface area contributed by atoms with Crippen LogP contribution in [0.2, 0.25) is 0 Å². The molecule has 4 aromatic carbocycles. The predicted molar refractivity (Wildman–Crippen MR) is 222 cm³/mol. The van der Waals surface area contributed by atoms with Gasteiger partial charge in [-0.3, -0.25) is 0 Å². The Morgan fingerprint density at radius 1 is 0.538 bits per heavy atom. The number of hydrogen-bond acceptors (Lipinski definition) is 0. The van der Waals surface area contributed by atoms with E-state index in [0.717, 1.165) is 15.4 Å². The van der Waals surface area contributed by atoms with Crippen molar-refractivity contribution in [3.8, 4) is 11.1 Å². The largest absolute Gasteiger partial charge is 1.00 e. The molecule has 0 bridgehead atoms. The predicted octanol–water partition coefficient (Wildman–Crippen LogP) is 8.21. The minimum absolute atomic E-state index is 0. The van der Waals surface area contributed by atoms with Crippen molar-refractivity contribution in [2.45, 2.75) is 115 Å². The van der Waals surface area contributed by atoms with E-state index in [1.807, 2.05) is 0 Å². The minimum Gasteiger partial charge on any atom is -1.00 e. The third-order valence-electron chi connectivity index (χ3n) is 10.5. The van der Waals surface area contributed by atoms with Crippen LogP contribution >= 0.6 is 31.9 Å². The maximum atomic E-state index is 3.75. The Bertz CT molecular complexity index is 1930. The van der Waals surface area contributed by atoms with Crippen molar-refractivity contribution in [1.82, 2.24) is 0 Å². The zero-order valence-electron chi connectivity index (χ0n) is 33.0. The molecule has 0 radical (unpaired) electrons. The Labute approximate surface area is 351 Å². The van der Waals surface area contributed by atoms with Crippen molar-refractivity contribution in [1.29, 1.82) is 0 Å². The molecule has 5 heteroatoms. The summed E-state index contributed by atoms with van der Waals surface area (Å²) in [5.41, 5.74) is 14.8. The summed E-state index contributed by atoms with van der Waals surface area (Å²) in [6.07, 6.45) is 8.27. The summed E-state index contributed by atoms with van der Waals surface area (Å²) in [7, 11) is 0. The van der Waals surface area contributed by atoms with E-state index in [9.17, 15) is 0 Å². The fourth-order valence-electron chi connectivity index (χ4n) is 7.99. The van der Waals surface area contributed by atoms with Crippen molar-refractivity contribution in [3.63, 3.8) is 0 Å². The average molecular weight is 1030 g/mol. The summed E-state index contributed by atoms with van der Waals surface area (Å²) in [5, 5.41) is 0. The monoisotopic (exact) mass is 1030 g/mol. The van der Waals surface area contributed by atoms with Crippen LogP contribution in [0.4, 0.5) is 0 Å². The van der Waals surface area contributed by atoms with Gasteiger partial charge in [0.25, 0.3) is 0 Å². The Balaban J connectivity index is 0.00000302. The molecular formula is C47H54Br2Cl2Hf. The Morgan fingerprint density at radius 2 is 0.885 bits per heavy atom.